The van der Waals surface area contributed by atoms with Gasteiger partial charge < -0.3 is 10.6 Å². The van der Waals surface area contributed by atoms with Gasteiger partial charge in [0.15, 0.2) is 0 Å². The van der Waals surface area contributed by atoms with Crippen LogP contribution in [0.5, 0.6) is 0 Å². The van der Waals surface area contributed by atoms with Crippen molar-refractivity contribution in [3.8, 4) is 0 Å². The van der Waals surface area contributed by atoms with E-state index < -0.39 is 5.91 Å². The fraction of sp³-hybridized carbons (Fsp3) is 0.188. The van der Waals surface area contributed by atoms with Gasteiger partial charge in [-0.15, -0.1) is 0 Å². The summed E-state index contributed by atoms with van der Waals surface area (Å²) in [5.41, 5.74) is 0.921. The van der Waals surface area contributed by atoms with Crippen molar-refractivity contribution in [2.75, 3.05) is 11.9 Å². The first-order valence-electron chi connectivity index (χ1n) is 7.02. The van der Waals surface area contributed by atoms with Crippen LogP contribution in [-0.4, -0.2) is 23.3 Å². The summed E-state index contributed by atoms with van der Waals surface area (Å²) >= 11 is 11.8. The van der Waals surface area contributed by atoms with Gasteiger partial charge in [-0.1, -0.05) is 30.1 Å². The van der Waals surface area contributed by atoms with Gasteiger partial charge in [0.2, 0.25) is 0 Å². The lowest BCUT2D eigenvalue weighted by atomic mass is 10.2. The average molecular weight is 352 g/mol. The molecule has 0 bridgehead atoms. The van der Waals surface area contributed by atoms with Crippen LogP contribution in [0.4, 0.5) is 5.69 Å². The zero-order chi connectivity index (χ0) is 16.8. The molecule has 2 N–H and O–H groups in total. The second-order valence-electron chi connectivity index (χ2n) is 4.76. The molecule has 0 aliphatic rings. The largest absolute Gasteiger partial charge is 0.352 e. The monoisotopic (exact) mass is 351 g/mol. The third-order valence-electron chi connectivity index (χ3n) is 2.97. The number of hydrogen-bond donors (Lipinski definition) is 2. The Morgan fingerprint density at radius 3 is 2.61 bits per heavy atom. The molecule has 2 amide bonds. The van der Waals surface area contributed by atoms with E-state index in [9.17, 15) is 9.59 Å². The summed E-state index contributed by atoms with van der Waals surface area (Å²) in [6, 6.07) is 7.73. The molecule has 0 aliphatic heterocycles. The molecule has 0 saturated heterocycles. The molecule has 23 heavy (non-hydrogen) atoms. The number of benzene rings is 1. The van der Waals surface area contributed by atoms with Crippen LogP contribution in [-0.2, 0) is 0 Å². The molecule has 0 radical (unpaired) electrons. The van der Waals surface area contributed by atoms with Crippen LogP contribution in [0.3, 0.4) is 0 Å². The number of carbonyl (C=O) groups is 2. The lowest BCUT2D eigenvalue weighted by Crippen LogP contribution is -2.24. The van der Waals surface area contributed by atoms with Gasteiger partial charge in [-0.05, 0) is 36.8 Å². The molecule has 1 aromatic carbocycles. The fourth-order valence-corrected chi connectivity index (χ4v) is 2.27. The normalized spacial score (nSPS) is 10.2. The molecule has 0 unspecified atom stereocenters. The fourth-order valence-electron chi connectivity index (χ4n) is 1.81. The number of amides is 2. The minimum Gasteiger partial charge on any atom is -0.352 e. The van der Waals surface area contributed by atoms with E-state index in [4.69, 9.17) is 23.2 Å². The van der Waals surface area contributed by atoms with Gasteiger partial charge in [0, 0.05) is 23.3 Å². The van der Waals surface area contributed by atoms with E-state index in [2.05, 4.69) is 15.6 Å². The van der Waals surface area contributed by atoms with Gasteiger partial charge in [0.25, 0.3) is 11.8 Å². The quantitative estimate of drug-likeness (QED) is 0.860. The standard InChI is InChI=1S/C16H15Cl2N3O2/c1-2-6-20-15(22)10-5-7-19-14(8-10)16(23)21-13-4-3-11(17)9-12(13)18/h3-5,7-9H,2,6H2,1H3,(H,20,22)(H,21,23). The molecule has 1 aromatic heterocycles. The summed E-state index contributed by atoms with van der Waals surface area (Å²) in [6.45, 7) is 2.53. The molecule has 0 fully saturated rings. The smallest absolute Gasteiger partial charge is 0.274 e. The van der Waals surface area contributed by atoms with Crippen molar-refractivity contribution < 1.29 is 9.59 Å². The van der Waals surface area contributed by atoms with Crippen molar-refractivity contribution in [1.29, 1.82) is 0 Å². The van der Waals surface area contributed by atoms with Crippen molar-refractivity contribution in [3.63, 3.8) is 0 Å². The summed E-state index contributed by atoms with van der Waals surface area (Å²) in [5, 5.41) is 6.18. The second kappa shape index (κ2) is 7.94. The first-order valence-corrected chi connectivity index (χ1v) is 7.77. The van der Waals surface area contributed by atoms with Gasteiger partial charge in [-0.2, -0.15) is 0 Å². The molecule has 0 aliphatic carbocycles. The van der Waals surface area contributed by atoms with Gasteiger partial charge in [-0.3, -0.25) is 14.6 Å². The Balaban J connectivity index is 2.15. The maximum atomic E-state index is 12.2. The highest BCUT2D eigenvalue weighted by atomic mass is 35.5. The predicted octanol–water partition coefficient (Wildman–Crippen LogP) is 3.78. The van der Waals surface area contributed by atoms with E-state index in [1.165, 1.54) is 18.3 Å². The number of nitrogens with one attached hydrogen (secondary N) is 2. The maximum Gasteiger partial charge on any atom is 0.274 e. The summed E-state index contributed by atoms with van der Waals surface area (Å²) < 4.78 is 0. The minimum absolute atomic E-state index is 0.125. The van der Waals surface area contributed by atoms with Crippen molar-refractivity contribution in [1.82, 2.24) is 10.3 Å². The zero-order valence-electron chi connectivity index (χ0n) is 12.4. The summed E-state index contributed by atoms with van der Waals surface area (Å²) in [5.74, 6) is -0.702. The van der Waals surface area contributed by atoms with E-state index in [1.54, 1.807) is 18.2 Å². The number of halogens is 2. The Kier molecular flexibility index (Phi) is 5.96. The number of rotatable bonds is 5. The third-order valence-corrected chi connectivity index (χ3v) is 3.52. The lowest BCUT2D eigenvalue weighted by molar-refractivity contribution is 0.0953. The van der Waals surface area contributed by atoms with Gasteiger partial charge in [0.05, 0.1) is 10.7 Å². The van der Waals surface area contributed by atoms with Crippen molar-refractivity contribution >= 4 is 40.7 Å². The number of nitrogens with zero attached hydrogens (tertiary/aromatic N) is 1. The average Bonchev–Trinajstić information content (AvgIpc) is 2.55. The lowest BCUT2D eigenvalue weighted by Gasteiger charge is -2.08. The summed E-state index contributed by atoms with van der Waals surface area (Å²) in [4.78, 5) is 28.1. The molecule has 0 saturated carbocycles. The molecule has 1 heterocycles. The van der Waals surface area contributed by atoms with E-state index in [0.717, 1.165) is 6.42 Å². The van der Waals surface area contributed by atoms with Crippen LogP contribution >= 0.6 is 23.2 Å². The van der Waals surface area contributed by atoms with Crippen LogP contribution in [0.25, 0.3) is 0 Å². The Morgan fingerprint density at radius 2 is 1.91 bits per heavy atom. The van der Waals surface area contributed by atoms with Crippen LogP contribution < -0.4 is 10.6 Å². The summed E-state index contributed by atoms with van der Waals surface area (Å²) in [6.07, 6.45) is 2.25. The highest BCUT2D eigenvalue weighted by Gasteiger charge is 2.13. The van der Waals surface area contributed by atoms with Crippen molar-refractivity contribution in [2.24, 2.45) is 0 Å². The molecular formula is C16H15Cl2N3O2. The Hall–Kier alpha value is -2.11. The van der Waals surface area contributed by atoms with E-state index in [1.807, 2.05) is 6.92 Å². The number of aromatic nitrogens is 1. The molecule has 120 valence electrons. The van der Waals surface area contributed by atoms with Crippen LogP contribution in [0.1, 0.15) is 34.2 Å². The summed E-state index contributed by atoms with van der Waals surface area (Å²) in [7, 11) is 0. The number of carbonyl (C=O) groups excluding carboxylic acids is 2. The third kappa shape index (κ3) is 4.68. The molecular weight excluding hydrogens is 337 g/mol. The Morgan fingerprint density at radius 1 is 1.13 bits per heavy atom. The van der Waals surface area contributed by atoms with E-state index >= 15 is 0 Å². The molecule has 7 heteroatoms. The van der Waals surface area contributed by atoms with Gasteiger partial charge in [0.1, 0.15) is 5.69 Å². The predicted molar refractivity (Wildman–Crippen MR) is 91.3 cm³/mol. The Labute approximate surface area is 144 Å². The highest BCUT2D eigenvalue weighted by Crippen LogP contribution is 2.25. The first-order chi connectivity index (χ1) is 11.0. The minimum atomic E-state index is -0.459. The molecule has 0 spiro atoms. The van der Waals surface area contributed by atoms with Crippen molar-refractivity contribution in [3.05, 3.63) is 57.8 Å². The van der Waals surface area contributed by atoms with Crippen LogP contribution in [0.2, 0.25) is 10.0 Å². The topological polar surface area (TPSA) is 71.1 Å². The molecule has 0 atom stereocenters. The molecule has 5 nitrogen and oxygen atoms in total. The molecule has 2 aromatic rings. The van der Waals surface area contributed by atoms with E-state index in [-0.39, 0.29) is 11.6 Å². The zero-order valence-corrected chi connectivity index (χ0v) is 13.9. The van der Waals surface area contributed by atoms with Crippen LogP contribution in [0.15, 0.2) is 36.5 Å². The number of pyridine rings is 1. The Bertz CT molecular complexity index is 735. The van der Waals surface area contributed by atoms with Crippen molar-refractivity contribution in [2.45, 2.75) is 13.3 Å². The number of hydrogen-bond acceptors (Lipinski definition) is 3. The molecule has 2 rings (SSSR count). The maximum absolute atomic E-state index is 12.2. The second-order valence-corrected chi connectivity index (χ2v) is 5.61. The van der Waals surface area contributed by atoms with Gasteiger partial charge in [-0.25, -0.2) is 0 Å². The van der Waals surface area contributed by atoms with Crippen LogP contribution in [0, 0.1) is 0 Å². The van der Waals surface area contributed by atoms with Gasteiger partial charge >= 0.3 is 0 Å². The first kappa shape index (κ1) is 17.2. The van der Waals surface area contributed by atoms with E-state index in [0.29, 0.717) is 27.8 Å². The number of anilines is 1. The highest BCUT2D eigenvalue weighted by molar-refractivity contribution is 6.36. The SMILES string of the molecule is CCCNC(=O)c1ccnc(C(=O)Nc2ccc(Cl)cc2Cl)c1.